The van der Waals surface area contributed by atoms with E-state index in [9.17, 15) is 18.8 Å². The number of amides is 1. The van der Waals surface area contributed by atoms with E-state index in [1.54, 1.807) is 29.2 Å². The van der Waals surface area contributed by atoms with Crippen LogP contribution in [0.5, 0.6) is 0 Å². The minimum atomic E-state index is -3.06. The van der Waals surface area contributed by atoms with Gasteiger partial charge < -0.3 is 15.5 Å². The van der Waals surface area contributed by atoms with E-state index in [0.29, 0.717) is 43.1 Å². The first kappa shape index (κ1) is 25.8. The lowest BCUT2D eigenvalue weighted by molar-refractivity contribution is 0.0746. The van der Waals surface area contributed by atoms with Crippen LogP contribution in [0.3, 0.4) is 0 Å². The van der Waals surface area contributed by atoms with Crippen molar-refractivity contribution in [2.45, 2.75) is 39.8 Å². The molecule has 1 amide bonds. The van der Waals surface area contributed by atoms with Crippen molar-refractivity contribution in [3.8, 4) is 6.07 Å². The molecule has 8 nitrogen and oxygen atoms in total. The van der Waals surface area contributed by atoms with E-state index >= 15 is 0 Å². The molecule has 2 heterocycles. The summed E-state index contributed by atoms with van der Waals surface area (Å²) in [5.74, 6) is -2.74. The summed E-state index contributed by atoms with van der Waals surface area (Å²) in [5, 5.41) is 9.20. The first-order valence-electron chi connectivity index (χ1n) is 10.7. The molecule has 0 saturated carbocycles. The molecule has 1 aliphatic rings. The lowest BCUT2D eigenvalue weighted by Crippen LogP contribution is -2.49. The number of nitriles is 1. The number of aromatic nitrogens is 2. The molecule has 1 aromatic heterocycles. The number of hydrogen-bond donors (Lipinski definition) is 1. The standard InChI is InChI=1S/C21H23F2N7O.C2H6/c1-14(21(2,22)23)28-18(25)15-4-3-5-16(12-15)20(31)30-10-8-29(9-11-30)19-17(13-24)26-6-7-27-19;1-2/h3-7,12,18H,8-11,25H2,1-2H3;1-2H3/b28-14+;. The van der Waals surface area contributed by atoms with Gasteiger partial charge in [0, 0.05) is 51.1 Å². The molecule has 176 valence electrons. The Morgan fingerprint density at radius 1 is 1.21 bits per heavy atom. The molecule has 0 aliphatic carbocycles. The van der Waals surface area contributed by atoms with E-state index in [1.807, 2.05) is 24.8 Å². The second-order valence-electron chi connectivity index (χ2n) is 7.29. The summed E-state index contributed by atoms with van der Waals surface area (Å²) in [4.78, 5) is 28.7. The topological polar surface area (TPSA) is 112 Å². The predicted octanol–water partition coefficient (Wildman–Crippen LogP) is 3.41. The Morgan fingerprint density at radius 3 is 2.45 bits per heavy atom. The van der Waals surface area contributed by atoms with Crippen LogP contribution in [-0.4, -0.2) is 58.6 Å². The number of halogens is 2. The highest BCUT2D eigenvalue weighted by atomic mass is 19.3. The fraction of sp³-hybridized carbons (Fsp3) is 0.435. The summed E-state index contributed by atoms with van der Waals surface area (Å²) < 4.78 is 26.7. The van der Waals surface area contributed by atoms with Crippen molar-refractivity contribution in [3.05, 3.63) is 53.5 Å². The number of alkyl halides is 2. The third kappa shape index (κ3) is 6.52. The quantitative estimate of drug-likeness (QED) is 0.689. The predicted molar refractivity (Wildman–Crippen MR) is 123 cm³/mol. The molecule has 1 atom stereocenters. The summed E-state index contributed by atoms with van der Waals surface area (Å²) in [6, 6.07) is 8.58. The van der Waals surface area contributed by atoms with Gasteiger partial charge in [-0.1, -0.05) is 26.0 Å². The first-order valence-corrected chi connectivity index (χ1v) is 10.7. The fourth-order valence-electron chi connectivity index (χ4n) is 3.20. The molecule has 1 aliphatic heterocycles. The average Bonchev–Trinajstić information content (AvgIpc) is 2.84. The number of nitrogens with zero attached hydrogens (tertiary/aromatic N) is 6. The van der Waals surface area contributed by atoms with Gasteiger partial charge in [0.05, 0.1) is 5.71 Å². The van der Waals surface area contributed by atoms with E-state index in [-0.39, 0.29) is 17.3 Å². The number of carbonyl (C=O) groups is 1. The monoisotopic (exact) mass is 457 g/mol. The molecule has 33 heavy (non-hydrogen) atoms. The summed E-state index contributed by atoms with van der Waals surface area (Å²) in [6.45, 7) is 7.88. The maximum atomic E-state index is 13.4. The Balaban J connectivity index is 0.00000187. The number of hydrogen-bond acceptors (Lipinski definition) is 7. The Kier molecular flexibility index (Phi) is 8.94. The van der Waals surface area contributed by atoms with Gasteiger partial charge in [-0.25, -0.2) is 18.7 Å². The molecule has 1 unspecified atom stereocenters. The summed E-state index contributed by atoms with van der Waals surface area (Å²) >= 11 is 0. The van der Waals surface area contributed by atoms with E-state index < -0.39 is 12.1 Å². The minimum absolute atomic E-state index is 0.185. The van der Waals surface area contributed by atoms with Crippen molar-refractivity contribution < 1.29 is 13.6 Å². The third-order valence-corrected chi connectivity index (χ3v) is 5.09. The van der Waals surface area contributed by atoms with Crippen molar-refractivity contribution in [2.75, 3.05) is 31.1 Å². The van der Waals surface area contributed by atoms with Gasteiger partial charge in [-0.15, -0.1) is 0 Å². The number of carbonyl (C=O) groups excluding carboxylic acids is 1. The van der Waals surface area contributed by atoms with Crippen LogP contribution in [0.2, 0.25) is 0 Å². The summed E-state index contributed by atoms with van der Waals surface area (Å²) in [5.41, 5.74) is 6.73. The van der Waals surface area contributed by atoms with Crippen LogP contribution >= 0.6 is 0 Å². The van der Waals surface area contributed by atoms with Gasteiger partial charge in [0.25, 0.3) is 11.8 Å². The smallest absolute Gasteiger partial charge is 0.282 e. The minimum Gasteiger partial charge on any atom is -0.351 e. The van der Waals surface area contributed by atoms with E-state index in [0.717, 1.165) is 6.92 Å². The number of benzene rings is 1. The van der Waals surface area contributed by atoms with Crippen molar-refractivity contribution in [1.82, 2.24) is 14.9 Å². The Bertz CT molecular complexity index is 1020. The zero-order valence-electron chi connectivity index (χ0n) is 19.3. The zero-order chi connectivity index (χ0) is 24.6. The lowest BCUT2D eigenvalue weighted by Gasteiger charge is -2.35. The molecule has 1 fully saturated rings. The highest BCUT2D eigenvalue weighted by molar-refractivity contribution is 5.94. The summed E-state index contributed by atoms with van der Waals surface area (Å²) in [7, 11) is 0. The molecule has 1 saturated heterocycles. The Labute approximate surface area is 192 Å². The molecule has 0 bridgehead atoms. The van der Waals surface area contributed by atoms with Crippen molar-refractivity contribution in [3.63, 3.8) is 0 Å². The lowest BCUT2D eigenvalue weighted by atomic mass is 10.1. The summed E-state index contributed by atoms with van der Waals surface area (Å²) in [6.07, 6.45) is 2.00. The van der Waals surface area contributed by atoms with Crippen LogP contribution in [0, 0.1) is 11.3 Å². The fourth-order valence-corrected chi connectivity index (χ4v) is 3.20. The van der Waals surface area contributed by atoms with E-state index in [4.69, 9.17) is 5.73 Å². The first-order chi connectivity index (χ1) is 15.7. The highest BCUT2D eigenvalue weighted by Gasteiger charge is 2.27. The van der Waals surface area contributed by atoms with E-state index in [2.05, 4.69) is 15.0 Å². The highest BCUT2D eigenvalue weighted by Crippen LogP contribution is 2.21. The van der Waals surface area contributed by atoms with Crippen LogP contribution in [0.4, 0.5) is 14.6 Å². The molecule has 1 aromatic carbocycles. The normalized spacial score (nSPS) is 15.3. The van der Waals surface area contributed by atoms with Gasteiger partial charge in [-0.2, -0.15) is 5.26 Å². The van der Waals surface area contributed by atoms with Crippen LogP contribution in [0.25, 0.3) is 0 Å². The number of aliphatic imine (C=N–C) groups is 1. The van der Waals surface area contributed by atoms with Gasteiger partial charge in [-0.3, -0.25) is 9.79 Å². The molecular formula is C23H29F2N7O. The third-order valence-electron chi connectivity index (χ3n) is 5.09. The number of nitrogens with two attached hydrogens (primary N) is 1. The average molecular weight is 458 g/mol. The largest absolute Gasteiger partial charge is 0.351 e. The Morgan fingerprint density at radius 2 is 1.85 bits per heavy atom. The van der Waals surface area contributed by atoms with Gasteiger partial charge in [0.2, 0.25) is 0 Å². The molecule has 0 spiro atoms. The molecule has 10 heteroatoms. The second kappa shape index (κ2) is 11.4. The Hall–Kier alpha value is -3.45. The molecule has 3 rings (SSSR count). The van der Waals surface area contributed by atoms with Crippen LogP contribution in [0.1, 0.15) is 55.5 Å². The van der Waals surface area contributed by atoms with Crippen LogP contribution in [0.15, 0.2) is 41.7 Å². The van der Waals surface area contributed by atoms with E-state index in [1.165, 1.54) is 19.3 Å². The van der Waals surface area contributed by atoms with Gasteiger partial charge in [-0.05, 0) is 24.6 Å². The SMILES string of the molecule is C/C(=N\C(N)c1cccc(C(=O)N2CCN(c3nccnc3C#N)CC2)c1)C(C)(F)F.CC. The van der Waals surface area contributed by atoms with Crippen molar-refractivity contribution >= 4 is 17.4 Å². The number of piperazine rings is 1. The molecule has 2 aromatic rings. The van der Waals surface area contributed by atoms with Crippen molar-refractivity contribution in [1.29, 1.82) is 5.26 Å². The number of rotatable bonds is 5. The zero-order valence-corrected chi connectivity index (χ0v) is 19.3. The molecule has 0 radical (unpaired) electrons. The maximum absolute atomic E-state index is 13.4. The second-order valence-corrected chi connectivity index (χ2v) is 7.29. The van der Waals surface area contributed by atoms with Gasteiger partial charge >= 0.3 is 0 Å². The molecular weight excluding hydrogens is 428 g/mol. The van der Waals surface area contributed by atoms with Crippen LogP contribution in [-0.2, 0) is 0 Å². The van der Waals surface area contributed by atoms with Gasteiger partial charge in [0.1, 0.15) is 12.2 Å². The molecule has 2 N–H and O–H groups in total. The van der Waals surface area contributed by atoms with Crippen molar-refractivity contribution in [2.24, 2.45) is 10.7 Å². The van der Waals surface area contributed by atoms with Crippen LogP contribution < -0.4 is 10.6 Å². The number of anilines is 1. The maximum Gasteiger partial charge on any atom is 0.282 e. The van der Waals surface area contributed by atoms with Gasteiger partial charge in [0.15, 0.2) is 11.5 Å².